The summed E-state index contributed by atoms with van der Waals surface area (Å²) < 4.78 is 7.54. The minimum absolute atomic E-state index is 0.0971. The SMILES string of the molecule is COc1ccccc1-n1c(S[C@@H](C)C(=O)Nc2ccccc2C)nnc1-c1ccccc1. The van der Waals surface area contributed by atoms with Gasteiger partial charge in [-0.3, -0.25) is 9.36 Å². The molecule has 0 radical (unpaired) electrons. The number of aromatic nitrogens is 3. The van der Waals surface area contributed by atoms with Gasteiger partial charge < -0.3 is 10.1 Å². The Hall–Kier alpha value is -3.58. The van der Waals surface area contributed by atoms with Crippen LogP contribution in [0.5, 0.6) is 5.75 Å². The Morgan fingerprint density at radius 2 is 1.66 bits per heavy atom. The molecule has 3 aromatic carbocycles. The normalized spacial score (nSPS) is 11.7. The molecule has 0 aliphatic heterocycles. The smallest absolute Gasteiger partial charge is 0.237 e. The molecule has 32 heavy (non-hydrogen) atoms. The molecule has 4 aromatic rings. The molecule has 1 atom stereocenters. The van der Waals surface area contributed by atoms with Gasteiger partial charge in [0.15, 0.2) is 11.0 Å². The lowest BCUT2D eigenvalue weighted by atomic mass is 10.2. The quantitative estimate of drug-likeness (QED) is 0.388. The summed E-state index contributed by atoms with van der Waals surface area (Å²) in [5.41, 5.74) is 3.56. The van der Waals surface area contributed by atoms with Crippen molar-refractivity contribution in [3.05, 3.63) is 84.4 Å². The van der Waals surface area contributed by atoms with E-state index >= 15 is 0 Å². The Labute approximate surface area is 191 Å². The lowest BCUT2D eigenvalue weighted by Crippen LogP contribution is -2.23. The summed E-state index contributed by atoms with van der Waals surface area (Å²) in [6.07, 6.45) is 0. The highest BCUT2D eigenvalue weighted by molar-refractivity contribution is 8.00. The van der Waals surface area contributed by atoms with Crippen LogP contribution < -0.4 is 10.1 Å². The number of hydrogen-bond donors (Lipinski definition) is 1. The van der Waals surface area contributed by atoms with Crippen LogP contribution in [0.25, 0.3) is 17.1 Å². The Morgan fingerprint density at radius 3 is 2.41 bits per heavy atom. The van der Waals surface area contributed by atoms with Gasteiger partial charge in [0.05, 0.1) is 18.0 Å². The monoisotopic (exact) mass is 444 g/mol. The minimum atomic E-state index is -0.393. The van der Waals surface area contributed by atoms with E-state index in [4.69, 9.17) is 4.74 Å². The van der Waals surface area contributed by atoms with E-state index in [0.29, 0.717) is 16.7 Å². The summed E-state index contributed by atoms with van der Waals surface area (Å²) in [5.74, 6) is 1.28. The van der Waals surface area contributed by atoms with E-state index < -0.39 is 5.25 Å². The van der Waals surface area contributed by atoms with Crippen molar-refractivity contribution in [2.75, 3.05) is 12.4 Å². The molecular formula is C25H24N4O2S. The molecule has 7 heteroatoms. The van der Waals surface area contributed by atoms with Crippen molar-refractivity contribution in [2.24, 2.45) is 0 Å². The molecule has 0 aliphatic rings. The molecule has 4 rings (SSSR count). The van der Waals surface area contributed by atoms with E-state index in [0.717, 1.165) is 22.5 Å². The Balaban J connectivity index is 1.69. The molecule has 162 valence electrons. The summed E-state index contributed by atoms with van der Waals surface area (Å²) >= 11 is 1.35. The lowest BCUT2D eigenvalue weighted by molar-refractivity contribution is -0.115. The number of hydrogen-bond acceptors (Lipinski definition) is 5. The van der Waals surface area contributed by atoms with E-state index in [2.05, 4.69) is 15.5 Å². The number of para-hydroxylation sites is 3. The number of amides is 1. The fourth-order valence-electron chi connectivity index (χ4n) is 3.31. The fraction of sp³-hybridized carbons (Fsp3) is 0.160. The number of nitrogens with zero attached hydrogens (tertiary/aromatic N) is 3. The van der Waals surface area contributed by atoms with Gasteiger partial charge in [-0.1, -0.05) is 72.4 Å². The first-order valence-electron chi connectivity index (χ1n) is 10.3. The number of nitrogens with one attached hydrogen (secondary N) is 1. The predicted octanol–water partition coefficient (Wildman–Crippen LogP) is 5.37. The summed E-state index contributed by atoms with van der Waals surface area (Å²) in [5, 5.41) is 12.1. The van der Waals surface area contributed by atoms with Gasteiger partial charge in [-0.15, -0.1) is 10.2 Å². The zero-order valence-electron chi connectivity index (χ0n) is 18.1. The Kier molecular flexibility index (Phi) is 6.56. The van der Waals surface area contributed by atoms with E-state index in [-0.39, 0.29) is 5.91 Å². The maximum absolute atomic E-state index is 12.9. The number of thioether (sulfide) groups is 1. The second kappa shape index (κ2) is 9.70. The van der Waals surface area contributed by atoms with Crippen molar-refractivity contribution < 1.29 is 9.53 Å². The van der Waals surface area contributed by atoms with Crippen LogP contribution in [-0.4, -0.2) is 33.0 Å². The number of aryl methyl sites for hydroxylation is 1. The highest BCUT2D eigenvalue weighted by atomic mass is 32.2. The minimum Gasteiger partial charge on any atom is -0.495 e. The van der Waals surface area contributed by atoms with E-state index in [9.17, 15) is 4.79 Å². The van der Waals surface area contributed by atoms with E-state index in [1.807, 2.05) is 97.3 Å². The third-order valence-electron chi connectivity index (χ3n) is 5.05. The van der Waals surface area contributed by atoms with Gasteiger partial charge in [0, 0.05) is 11.3 Å². The first kappa shape index (κ1) is 21.6. The van der Waals surface area contributed by atoms with Crippen LogP contribution in [0.4, 0.5) is 5.69 Å². The fourth-order valence-corrected chi connectivity index (χ4v) is 4.17. The summed E-state index contributed by atoms with van der Waals surface area (Å²) in [6.45, 7) is 3.83. The maximum atomic E-state index is 12.9. The standard InChI is InChI=1S/C25H24N4O2S/c1-17-11-7-8-14-20(17)26-24(30)18(2)32-25-28-27-23(19-12-5-4-6-13-19)29(25)21-15-9-10-16-22(21)31-3/h4-16,18H,1-3H3,(H,26,30)/t18-/m0/s1. The third kappa shape index (κ3) is 4.53. The van der Waals surface area contributed by atoms with Gasteiger partial charge in [-0.25, -0.2) is 0 Å². The zero-order valence-corrected chi connectivity index (χ0v) is 19.0. The highest BCUT2D eigenvalue weighted by Gasteiger charge is 2.23. The van der Waals surface area contributed by atoms with Crippen molar-refractivity contribution in [3.63, 3.8) is 0 Å². The number of ether oxygens (including phenoxy) is 1. The zero-order chi connectivity index (χ0) is 22.5. The second-order valence-electron chi connectivity index (χ2n) is 7.24. The third-order valence-corrected chi connectivity index (χ3v) is 6.09. The summed E-state index contributed by atoms with van der Waals surface area (Å²) in [4.78, 5) is 12.9. The molecule has 1 aromatic heterocycles. The molecule has 0 unspecified atom stereocenters. The summed E-state index contributed by atoms with van der Waals surface area (Å²) in [7, 11) is 1.64. The molecule has 1 N–H and O–H groups in total. The van der Waals surface area contributed by atoms with Crippen LogP contribution in [0, 0.1) is 6.92 Å². The van der Waals surface area contributed by atoms with Crippen LogP contribution in [-0.2, 0) is 4.79 Å². The van der Waals surface area contributed by atoms with Gasteiger partial charge in [0.25, 0.3) is 0 Å². The molecule has 0 spiro atoms. The first-order valence-corrected chi connectivity index (χ1v) is 11.1. The number of carbonyl (C=O) groups is 1. The molecule has 0 bridgehead atoms. The van der Waals surface area contributed by atoms with Crippen LogP contribution in [0.2, 0.25) is 0 Å². The predicted molar refractivity (Wildman–Crippen MR) is 128 cm³/mol. The Bertz CT molecular complexity index is 1220. The molecule has 0 fully saturated rings. The average molecular weight is 445 g/mol. The average Bonchev–Trinajstić information content (AvgIpc) is 3.24. The molecule has 1 amide bonds. The topological polar surface area (TPSA) is 69.0 Å². The van der Waals surface area contributed by atoms with Gasteiger partial charge >= 0.3 is 0 Å². The number of benzene rings is 3. The van der Waals surface area contributed by atoms with Crippen LogP contribution in [0.3, 0.4) is 0 Å². The molecule has 1 heterocycles. The van der Waals surface area contributed by atoms with Crippen LogP contribution >= 0.6 is 11.8 Å². The van der Waals surface area contributed by atoms with Crippen molar-refractivity contribution >= 4 is 23.4 Å². The van der Waals surface area contributed by atoms with Gasteiger partial charge in [-0.05, 0) is 37.6 Å². The van der Waals surface area contributed by atoms with Crippen LogP contribution in [0.15, 0.2) is 84.0 Å². The largest absolute Gasteiger partial charge is 0.495 e. The maximum Gasteiger partial charge on any atom is 0.237 e. The van der Waals surface area contributed by atoms with Crippen molar-refractivity contribution in [2.45, 2.75) is 24.3 Å². The van der Waals surface area contributed by atoms with Crippen LogP contribution in [0.1, 0.15) is 12.5 Å². The number of methoxy groups -OCH3 is 1. The molecule has 0 saturated heterocycles. The number of rotatable bonds is 7. The highest BCUT2D eigenvalue weighted by Crippen LogP contribution is 2.34. The molecule has 6 nitrogen and oxygen atoms in total. The van der Waals surface area contributed by atoms with E-state index in [1.54, 1.807) is 7.11 Å². The second-order valence-corrected chi connectivity index (χ2v) is 8.55. The van der Waals surface area contributed by atoms with Gasteiger partial charge in [-0.2, -0.15) is 0 Å². The number of carbonyl (C=O) groups excluding carboxylic acids is 1. The Morgan fingerprint density at radius 1 is 0.969 bits per heavy atom. The van der Waals surface area contributed by atoms with Gasteiger partial charge in [0.1, 0.15) is 5.75 Å². The van der Waals surface area contributed by atoms with Gasteiger partial charge in [0.2, 0.25) is 5.91 Å². The molecule has 0 aliphatic carbocycles. The first-order chi connectivity index (χ1) is 15.6. The van der Waals surface area contributed by atoms with Crippen molar-refractivity contribution in [3.8, 4) is 22.8 Å². The van der Waals surface area contributed by atoms with Crippen molar-refractivity contribution in [1.29, 1.82) is 0 Å². The van der Waals surface area contributed by atoms with Crippen molar-refractivity contribution in [1.82, 2.24) is 14.8 Å². The number of anilines is 1. The molecule has 0 saturated carbocycles. The molecular weight excluding hydrogens is 420 g/mol. The summed E-state index contributed by atoms with van der Waals surface area (Å²) in [6, 6.07) is 25.3. The van der Waals surface area contributed by atoms with E-state index in [1.165, 1.54) is 11.8 Å². The lowest BCUT2D eigenvalue weighted by Gasteiger charge is -2.16.